The van der Waals surface area contributed by atoms with E-state index < -0.39 is 17.2 Å². The molecule has 1 N–H and O–H groups in total. The summed E-state index contributed by atoms with van der Waals surface area (Å²) in [5.41, 5.74) is 2.85. The van der Waals surface area contributed by atoms with Crippen molar-refractivity contribution in [3.63, 3.8) is 0 Å². The van der Waals surface area contributed by atoms with Crippen molar-refractivity contribution in [2.45, 2.75) is 6.54 Å². The predicted octanol–water partition coefficient (Wildman–Crippen LogP) is 1.89. The average molecular weight is 440 g/mol. The minimum absolute atomic E-state index is 0.169. The van der Waals surface area contributed by atoms with Crippen LogP contribution in [-0.4, -0.2) is 30.8 Å². The maximum Gasteiger partial charge on any atom is 0.332 e. The highest BCUT2D eigenvalue weighted by molar-refractivity contribution is 6.13. The van der Waals surface area contributed by atoms with Gasteiger partial charge in [-0.05, 0) is 27.6 Å². The number of aryl methyl sites for hydroxylation is 1. The van der Waals surface area contributed by atoms with E-state index in [1.54, 1.807) is 6.21 Å². The Kier molecular flexibility index (Phi) is 4.86. The third-order valence-electron chi connectivity index (χ3n) is 5.73. The number of aromatic nitrogens is 4. The van der Waals surface area contributed by atoms with Crippen molar-refractivity contribution in [2.75, 3.05) is 0 Å². The number of hydrogen-bond acceptors (Lipinski definition) is 5. The smallest absolute Gasteiger partial charge is 0.315 e. The molecule has 0 fully saturated rings. The lowest BCUT2D eigenvalue weighted by atomic mass is 9.97. The van der Waals surface area contributed by atoms with Gasteiger partial charge in [0.15, 0.2) is 11.2 Å². The molecular weight excluding hydrogens is 420 g/mol. The Bertz CT molecular complexity index is 1650. The topological polar surface area (TPSA) is 103 Å². The molecule has 0 saturated heterocycles. The van der Waals surface area contributed by atoms with E-state index >= 15 is 0 Å². The van der Waals surface area contributed by atoms with Crippen molar-refractivity contribution in [2.24, 2.45) is 19.2 Å². The first kappa shape index (κ1) is 20.4. The van der Waals surface area contributed by atoms with Crippen LogP contribution in [0.15, 0.2) is 75.6 Å². The fraction of sp³-hybridized carbons (Fsp3) is 0.125. The van der Waals surface area contributed by atoms with E-state index in [-0.39, 0.29) is 17.7 Å². The minimum atomic E-state index is -0.510. The molecule has 2 aromatic heterocycles. The molecule has 0 spiro atoms. The number of benzene rings is 3. The largest absolute Gasteiger partial charge is 0.332 e. The highest BCUT2D eigenvalue weighted by Gasteiger charge is 2.15. The molecule has 2 heterocycles. The molecule has 9 heteroatoms. The number of hydrazone groups is 1. The van der Waals surface area contributed by atoms with Crippen LogP contribution in [0.5, 0.6) is 0 Å². The van der Waals surface area contributed by atoms with Gasteiger partial charge in [0.05, 0.1) is 12.5 Å². The lowest BCUT2D eigenvalue weighted by molar-refractivity contribution is -0.121. The minimum Gasteiger partial charge on any atom is -0.315 e. The maximum absolute atomic E-state index is 12.6. The number of carbonyl (C=O) groups is 1. The summed E-state index contributed by atoms with van der Waals surface area (Å²) in [4.78, 5) is 41.3. The fourth-order valence-corrected chi connectivity index (χ4v) is 4.06. The van der Waals surface area contributed by atoms with Gasteiger partial charge < -0.3 is 4.57 Å². The van der Waals surface area contributed by atoms with E-state index in [9.17, 15) is 14.4 Å². The van der Waals surface area contributed by atoms with E-state index in [2.05, 4.69) is 21.6 Å². The van der Waals surface area contributed by atoms with Crippen molar-refractivity contribution in [1.82, 2.24) is 24.1 Å². The zero-order valence-electron chi connectivity index (χ0n) is 18.0. The van der Waals surface area contributed by atoms with Crippen LogP contribution in [0.1, 0.15) is 5.56 Å². The molecule has 0 aliphatic rings. The fourth-order valence-electron chi connectivity index (χ4n) is 4.06. The van der Waals surface area contributed by atoms with Crippen molar-refractivity contribution in [3.8, 4) is 0 Å². The Morgan fingerprint density at radius 1 is 1.00 bits per heavy atom. The van der Waals surface area contributed by atoms with Gasteiger partial charge in [-0.2, -0.15) is 5.10 Å². The summed E-state index contributed by atoms with van der Waals surface area (Å²) in [5.74, 6) is -0.425. The molecule has 3 aromatic carbocycles. The second-order valence-electron chi connectivity index (χ2n) is 7.78. The second-order valence-corrected chi connectivity index (χ2v) is 7.78. The number of nitrogens with zero attached hydrogens (tertiary/aromatic N) is 5. The molecule has 0 radical (unpaired) electrons. The lowest BCUT2D eigenvalue weighted by Gasteiger charge is -2.08. The van der Waals surface area contributed by atoms with Crippen LogP contribution < -0.4 is 16.7 Å². The number of carbonyl (C=O) groups excluding carboxylic acids is 1. The molecule has 0 aliphatic carbocycles. The number of nitrogens with one attached hydrogen (secondary N) is 1. The van der Waals surface area contributed by atoms with E-state index in [0.29, 0.717) is 0 Å². The van der Waals surface area contributed by atoms with Gasteiger partial charge >= 0.3 is 5.69 Å². The highest BCUT2D eigenvalue weighted by atomic mass is 16.2. The van der Waals surface area contributed by atoms with Crippen molar-refractivity contribution in [3.05, 3.63) is 87.3 Å². The van der Waals surface area contributed by atoms with Crippen LogP contribution in [0.4, 0.5) is 0 Å². The SMILES string of the molecule is Cn1c(=O)c2c(ncn2CC(=O)NN=Cc2c3ccccc3cc3ccccc23)n(C)c1=O. The zero-order chi connectivity index (χ0) is 23.1. The standard InChI is InChI=1S/C24H20N6O3/c1-28-22-21(23(32)29(2)24(28)33)30(14-25-22)13-20(31)27-26-12-19-17-9-5-3-7-15(17)11-16-8-4-6-10-18(16)19/h3-12,14H,13H2,1-2H3,(H,27,31). The van der Waals surface area contributed by atoms with Crippen molar-refractivity contribution < 1.29 is 4.79 Å². The van der Waals surface area contributed by atoms with Gasteiger partial charge in [0.25, 0.3) is 11.5 Å². The third-order valence-corrected chi connectivity index (χ3v) is 5.73. The monoisotopic (exact) mass is 440 g/mol. The Labute approximate surface area is 187 Å². The Balaban J connectivity index is 1.45. The van der Waals surface area contributed by atoms with Crippen molar-refractivity contribution in [1.29, 1.82) is 0 Å². The summed E-state index contributed by atoms with van der Waals surface area (Å²) in [6.07, 6.45) is 3.00. The first-order valence-corrected chi connectivity index (χ1v) is 10.3. The Morgan fingerprint density at radius 2 is 1.64 bits per heavy atom. The van der Waals surface area contributed by atoms with Crippen LogP contribution in [0.2, 0.25) is 0 Å². The first-order chi connectivity index (χ1) is 16.0. The second kappa shape index (κ2) is 7.86. The molecule has 5 aromatic rings. The number of fused-ring (bicyclic) bond motifs is 3. The average Bonchev–Trinajstić information content (AvgIpc) is 3.24. The van der Waals surface area contributed by atoms with Gasteiger partial charge in [0.2, 0.25) is 0 Å². The van der Waals surface area contributed by atoms with E-state index in [1.165, 1.54) is 29.6 Å². The van der Waals surface area contributed by atoms with E-state index in [1.807, 2.05) is 48.5 Å². The van der Waals surface area contributed by atoms with Crippen LogP contribution in [-0.2, 0) is 25.4 Å². The quantitative estimate of drug-likeness (QED) is 0.262. The summed E-state index contributed by atoms with van der Waals surface area (Å²) < 4.78 is 3.67. The summed E-state index contributed by atoms with van der Waals surface area (Å²) in [6, 6.07) is 18.1. The molecule has 0 atom stereocenters. The molecule has 1 amide bonds. The third kappa shape index (κ3) is 3.39. The highest BCUT2D eigenvalue weighted by Crippen LogP contribution is 2.27. The van der Waals surface area contributed by atoms with E-state index in [4.69, 9.17) is 0 Å². The maximum atomic E-state index is 12.6. The number of imidazole rings is 1. The van der Waals surface area contributed by atoms with Crippen LogP contribution >= 0.6 is 0 Å². The van der Waals surface area contributed by atoms with Crippen LogP contribution in [0, 0.1) is 0 Å². The summed E-state index contributed by atoms with van der Waals surface area (Å²) in [7, 11) is 2.92. The van der Waals surface area contributed by atoms with Gasteiger partial charge in [-0.15, -0.1) is 0 Å². The van der Waals surface area contributed by atoms with Crippen molar-refractivity contribution >= 4 is 44.8 Å². The van der Waals surface area contributed by atoms with Crippen LogP contribution in [0.25, 0.3) is 32.7 Å². The van der Waals surface area contributed by atoms with Gasteiger partial charge in [-0.1, -0.05) is 48.5 Å². The predicted molar refractivity (Wildman–Crippen MR) is 127 cm³/mol. The Morgan fingerprint density at radius 3 is 2.30 bits per heavy atom. The van der Waals surface area contributed by atoms with Crippen LogP contribution in [0.3, 0.4) is 0 Å². The first-order valence-electron chi connectivity index (χ1n) is 10.3. The van der Waals surface area contributed by atoms with Gasteiger partial charge in [-0.25, -0.2) is 15.2 Å². The molecule has 5 rings (SSSR count). The molecule has 33 heavy (non-hydrogen) atoms. The van der Waals surface area contributed by atoms with Gasteiger partial charge in [0, 0.05) is 19.7 Å². The molecule has 9 nitrogen and oxygen atoms in total. The number of amides is 1. The summed E-state index contributed by atoms with van der Waals surface area (Å²) >= 11 is 0. The number of hydrogen-bond donors (Lipinski definition) is 1. The Hall–Kier alpha value is -4.53. The molecule has 164 valence electrons. The molecule has 0 bridgehead atoms. The molecule has 0 unspecified atom stereocenters. The summed E-state index contributed by atoms with van der Waals surface area (Å²) in [5, 5.41) is 8.39. The molecule has 0 saturated carbocycles. The van der Waals surface area contributed by atoms with Gasteiger partial charge in [-0.3, -0.25) is 18.7 Å². The lowest BCUT2D eigenvalue weighted by Crippen LogP contribution is -2.38. The molecule has 0 aliphatic heterocycles. The summed E-state index contributed by atoms with van der Waals surface area (Å²) in [6.45, 7) is -0.169. The zero-order valence-corrected chi connectivity index (χ0v) is 18.0. The normalized spacial score (nSPS) is 11.7. The van der Waals surface area contributed by atoms with Gasteiger partial charge in [0.1, 0.15) is 6.54 Å². The van der Waals surface area contributed by atoms with E-state index in [0.717, 1.165) is 31.7 Å². The molecular formula is C24H20N6O3. The number of rotatable bonds is 4.